The van der Waals surface area contributed by atoms with Gasteiger partial charge in [0.1, 0.15) is 6.61 Å². The number of hydrogen-bond donors (Lipinski definition) is 1. The first-order valence-corrected chi connectivity index (χ1v) is 5.51. The summed E-state index contributed by atoms with van der Waals surface area (Å²) in [6.45, 7) is 1.78. The van der Waals surface area contributed by atoms with Crippen LogP contribution in [-0.2, 0) is 15.0 Å². The molecule has 5 nitrogen and oxygen atoms in total. The van der Waals surface area contributed by atoms with Crippen LogP contribution in [0.5, 0.6) is 0 Å². The van der Waals surface area contributed by atoms with E-state index in [0.717, 1.165) is 5.37 Å². The first-order chi connectivity index (χ1) is 7.52. The topological polar surface area (TPSA) is 86.5 Å². The SMILES string of the molecule is Cc1ccccc1.NC(=O)OCC=S(=O)=O. The average Bonchev–Trinajstić information content (AvgIpc) is 2.18. The molecule has 0 bridgehead atoms. The first-order valence-electron chi connectivity index (χ1n) is 4.37. The highest BCUT2D eigenvalue weighted by molar-refractivity contribution is 7.71. The lowest BCUT2D eigenvalue weighted by atomic mass is 10.2. The Hall–Kier alpha value is -1.82. The van der Waals surface area contributed by atoms with Crippen LogP contribution in [-0.4, -0.2) is 26.5 Å². The molecule has 0 heterocycles. The lowest BCUT2D eigenvalue weighted by Crippen LogP contribution is -2.14. The Balaban J connectivity index is 0.000000288. The van der Waals surface area contributed by atoms with Crippen LogP contribution in [0.25, 0.3) is 0 Å². The maximum Gasteiger partial charge on any atom is 0.404 e. The molecule has 0 saturated carbocycles. The summed E-state index contributed by atoms with van der Waals surface area (Å²) in [5.41, 5.74) is 5.82. The van der Waals surface area contributed by atoms with Crippen LogP contribution < -0.4 is 5.73 Å². The molecule has 0 fully saturated rings. The lowest BCUT2D eigenvalue weighted by Gasteiger charge is -1.89. The highest BCUT2D eigenvalue weighted by atomic mass is 32.2. The highest BCUT2D eigenvalue weighted by Gasteiger charge is 1.87. The molecule has 0 radical (unpaired) electrons. The average molecular weight is 243 g/mol. The summed E-state index contributed by atoms with van der Waals surface area (Å²) in [5, 5.41) is 0.782. The molecule has 0 atom stereocenters. The number of amides is 1. The molecule has 1 aromatic carbocycles. The fourth-order valence-electron chi connectivity index (χ4n) is 0.706. The van der Waals surface area contributed by atoms with E-state index < -0.39 is 16.4 Å². The summed E-state index contributed by atoms with van der Waals surface area (Å²) in [7, 11) is -2.29. The number of nitrogens with two attached hydrogens (primary N) is 1. The quantitative estimate of drug-likeness (QED) is 0.777. The van der Waals surface area contributed by atoms with Gasteiger partial charge in [0.05, 0.1) is 5.37 Å². The minimum absolute atomic E-state index is 0.300. The van der Waals surface area contributed by atoms with Gasteiger partial charge in [-0.15, -0.1) is 0 Å². The smallest absolute Gasteiger partial charge is 0.404 e. The zero-order valence-electron chi connectivity index (χ0n) is 8.79. The predicted octanol–water partition coefficient (Wildman–Crippen LogP) is 0.758. The molecule has 88 valence electrons. The molecular weight excluding hydrogens is 230 g/mol. The van der Waals surface area contributed by atoms with E-state index in [1.165, 1.54) is 5.56 Å². The number of carbonyl (C=O) groups excluding carboxylic acids is 1. The van der Waals surface area contributed by atoms with Crippen LogP contribution in [0.15, 0.2) is 30.3 Å². The van der Waals surface area contributed by atoms with Crippen molar-refractivity contribution in [3.63, 3.8) is 0 Å². The fraction of sp³-hybridized carbons (Fsp3) is 0.200. The summed E-state index contributed by atoms with van der Waals surface area (Å²) in [5.74, 6) is 0. The van der Waals surface area contributed by atoms with Crippen LogP contribution in [0.1, 0.15) is 5.56 Å². The van der Waals surface area contributed by atoms with E-state index in [4.69, 9.17) is 0 Å². The van der Waals surface area contributed by atoms with Crippen molar-refractivity contribution in [1.82, 2.24) is 0 Å². The van der Waals surface area contributed by atoms with E-state index in [9.17, 15) is 13.2 Å². The Bertz CT molecular complexity index is 431. The Labute approximate surface area is 95.4 Å². The first kappa shape index (κ1) is 14.2. The molecule has 16 heavy (non-hydrogen) atoms. The summed E-state index contributed by atoms with van der Waals surface area (Å²) in [6, 6.07) is 10.3. The van der Waals surface area contributed by atoms with Gasteiger partial charge in [0.2, 0.25) is 10.3 Å². The molecule has 0 unspecified atom stereocenters. The molecule has 0 aliphatic heterocycles. The van der Waals surface area contributed by atoms with Crippen LogP contribution in [0, 0.1) is 6.92 Å². The molecule has 2 N–H and O–H groups in total. The van der Waals surface area contributed by atoms with Crippen molar-refractivity contribution >= 4 is 21.8 Å². The monoisotopic (exact) mass is 243 g/mol. The molecule has 0 aliphatic carbocycles. The number of aryl methyl sites for hydroxylation is 1. The normalized spacial score (nSPS) is 8.31. The minimum atomic E-state index is -2.29. The largest absolute Gasteiger partial charge is 0.444 e. The third kappa shape index (κ3) is 10.3. The molecule has 1 rings (SSSR count). The molecule has 0 spiro atoms. The van der Waals surface area contributed by atoms with Crippen LogP contribution in [0.3, 0.4) is 0 Å². The van der Waals surface area contributed by atoms with Crippen molar-refractivity contribution in [2.75, 3.05) is 6.61 Å². The maximum absolute atomic E-state index is 9.76. The van der Waals surface area contributed by atoms with Gasteiger partial charge in [0.25, 0.3) is 0 Å². The van der Waals surface area contributed by atoms with E-state index >= 15 is 0 Å². The summed E-state index contributed by atoms with van der Waals surface area (Å²) in [4.78, 5) is 9.76. The van der Waals surface area contributed by atoms with E-state index in [1.807, 2.05) is 18.2 Å². The number of rotatable bonds is 2. The second-order valence-corrected chi connectivity index (χ2v) is 3.57. The number of primary amides is 1. The van der Waals surface area contributed by atoms with Gasteiger partial charge in [-0.05, 0) is 6.92 Å². The van der Waals surface area contributed by atoms with Gasteiger partial charge in [0.15, 0.2) is 0 Å². The zero-order chi connectivity index (χ0) is 12.4. The highest BCUT2D eigenvalue weighted by Crippen LogP contribution is 1.92. The van der Waals surface area contributed by atoms with Crippen LogP contribution in [0.4, 0.5) is 4.79 Å². The number of carbonyl (C=O) groups is 1. The molecule has 0 saturated heterocycles. The number of ether oxygens (including phenoxy) is 1. The Morgan fingerprint density at radius 3 is 2.25 bits per heavy atom. The van der Waals surface area contributed by atoms with Crippen molar-refractivity contribution in [1.29, 1.82) is 0 Å². The standard InChI is InChI=1S/C7H8.C3H5NO4S/c1-7-5-3-2-4-6-7;4-3(5)8-1-2-9(6)7/h2-6H,1H3;2H,1H2,(H2,4,5). The van der Waals surface area contributed by atoms with Gasteiger partial charge < -0.3 is 10.5 Å². The van der Waals surface area contributed by atoms with E-state index in [-0.39, 0.29) is 6.61 Å². The van der Waals surface area contributed by atoms with Gasteiger partial charge in [-0.3, -0.25) is 0 Å². The fourth-order valence-corrected chi connectivity index (χ4v) is 0.885. The van der Waals surface area contributed by atoms with Crippen LogP contribution in [0.2, 0.25) is 0 Å². The zero-order valence-corrected chi connectivity index (χ0v) is 9.61. The molecule has 6 heteroatoms. The van der Waals surface area contributed by atoms with Gasteiger partial charge >= 0.3 is 6.09 Å². The lowest BCUT2D eigenvalue weighted by molar-refractivity contribution is 0.174. The van der Waals surface area contributed by atoms with Crippen molar-refractivity contribution in [3.8, 4) is 0 Å². The van der Waals surface area contributed by atoms with E-state index in [0.29, 0.717) is 0 Å². The van der Waals surface area contributed by atoms with Gasteiger partial charge in [0, 0.05) is 0 Å². The van der Waals surface area contributed by atoms with E-state index in [1.54, 1.807) is 0 Å². The number of benzene rings is 1. The Morgan fingerprint density at radius 1 is 1.38 bits per heavy atom. The molecule has 1 amide bonds. The van der Waals surface area contributed by atoms with Crippen molar-refractivity contribution in [2.24, 2.45) is 5.73 Å². The second-order valence-electron chi connectivity index (χ2n) is 2.71. The summed E-state index contributed by atoms with van der Waals surface area (Å²) >= 11 is 0. The maximum atomic E-state index is 9.76. The Kier molecular flexibility index (Phi) is 7.52. The van der Waals surface area contributed by atoms with Crippen molar-refractivity contribution in [3.05, 3.63) is 35.9 Å². The predicted molar refractivity (Wildman–Crippen MR) is 61.7 cm³/mol. The molecular formula is C10H13NO4S. The van der Waals surface area contributed by atoms with Gasteiger partial charge in [-0.1, -0.05) is 35.9 Å². The van der Waals surface area contributed by atoms with Crippen molar-refractivity contribution < 1.29 is 17.9 Å². The third-order valence-electron chi connectivity index (χ3n) is 1.37. The second kappa shape index (κ2) is 8.49. The Morgan fingerprint density at radius 2 is 1.94 bits per heavy atom. The summed E-state index contributed by atoms with van der Waals surface area (Å²) in [6.07, 6.45) is -0.989. The van der Waals surface area contributed by atoms with E-state index in [2.05, 4.69) is 29.5 Å². The molecule has 0 aliphatic rings. The van der Waals surface area contributed by atoms with Crippen LogP contribution >= 0.6 is 0 Å². The van der Waals surface area contributed by atoms with Gasteiger partial charge in [-0.25, -0.2) is 4.79 Å². The minimum Gasteiger partial charge on any atom is -0.444 e. The van der Waals surface area contributed by atoms with Gasteiger partial charge in [-0.2, -0.15) is 8.42 Å². The van der Waals surface area contributed by atoms with Crippen molar-refractivity contribution in [2.45, 2.75) is 6.92 Å². The molecule has 0 aromatic heterocycles. The molecule has 1 aromatic rings. The summed E-state index contributed by atoms with van der Waals surface area (Å²) < 4.78 is 23.4. The number of hydrogen-bond acceptors (Lipinski definition) is 4. The third-order valence-corrected chi connectivity index (χ3v) is 1.78.